The molecule has 3 rings (SSSR count). The third-order valence-electron chi connectivity index (χ3n) is 4.12. The lowest BCUT2D eigenvalue weighted by molar-refractivity contribution is -0.124. The maximum Gasteiger partial charge on any atom is 0.237 e. The number of likely N-dealkylation sites (tertiary alicyclic amines) is 1. The van der Waals surface area contributed by atoms with E-state index in [0.29, 0.717) is 25.4 Å². The fourth-order valence-corrected chi connectivity index (χ4v) is 3.53. The Balaban J connectivity index is 1.61. The van der Waals surface area contributed by atoms with Gasteiger partial charge in [-0.05, 0) is 31.5 Å². The highest BCUT2D eigenvalue weighted by atomic mass is 32.2. The molecule has 0 spiro atoms. The van der Waals surface area contributed by atoms with Crippen LogP contribution in [-0.2, 0) is 21.4 Å². The zero-order valence-electron chi connectivity index (χ0n) is 14.0. The second kappa shape index (κ2) is 7.37. The highest BCUT2D eigenvalue weighted by Gasteiger charge is 2.27. The SMILES string of the molecule is CS(=O)(=O)NC(=O)C1CCCN(Cc2coc(-c3ccccc3)n2)C1. The van der Waals surface area contributed by atoms with E-state index in [1.165, 1.54) is 0 Å². The lowest BCUT2D eigenvalue weighted by Crippen LogP contribution is -2.44. The van der Waals surface area contributed by atoms with Gasteiger partial charge in [-0.1, -0.05) is 18.2 Å². The third kappa shape index (κ3) is 4.90. The molecule has 1 aromatic heterocycles. The lowest BCUT2D eigenvalue weighted by Gasteiger charge is -2.31. The number of nitrogens with one attached hydrogen (secondary N) is 1. The van der Waals surface area contributed by atoms with Crippen molar-refractivity contribution in [2.45, 2.75) is 19.4 Å². The van der Waals surface area contributed by atoms with Crippen LogP contribution in [0.1, 0.15) is 18.5 Å². The van der Waals surface area contributed by atoms with Crippen LogP contribution in [0.25, 0.3) is 11.5 Å². The van der Waals surface area contributed by atoms with E-state index in [9.17, 15) is 13.2 Å². The van der Waals surface area contributed by atoms with Crippen molar-refractivity contribution in [2.24, 2.45) is 5.92 Å². The van der Waals surface area contributed by atoms with E-state index >= 15 is 0 Å². The molecule has 1 aliphatic rings. The van der Waals surface area contributed by atoms with Gasteiger partial charge in [0.1, 0.15) is 6.26 Å². The van der Waals surface area contributed by atoms with Crippen molar-refractivity contribution in [2.75, 3.05) is 19.3 Å². The summed E-state index contributed by atoms with van der Waals surface area (Å²) in [5.41, 5.74) is 1.71. The number of oxazole rings is 1. The number of rotatable bonds is 5. The minimum absolute atomic E-state index is 0.330. The molecule has 1 atom stereocenters. The fourth-order valence-electron chi connectivity index (χ4n) is 3.00. The number of carbonyl (C=O) groups is 1. The van der Waals surface area contributed by atoms with E-state index in [4.69, 9.17) is 4.42 Å². The average Bonchev–Trinajstić information content (AvgIpc) is 3.03. The first kappa shape index (κ1) is 17.6. The molecule has 1 amide bonds. The smallest absolute Gasteiger partial charge is 0.237 e. The van der Waals surface area contributed by atoms with Crippen molar-refractivity contribution in [3.05, 3.63) is 42.3 Å². The van der Waals surface area contributed by atoms with Gasteiger partial charge in [0.25, 0.3) is 0 Å². The largest absolute Gasteiger partial charge is 0.444 e. The minimum Gasteiger partial charge on any atom is -0.444 e. The molecule has 1 N–H and O–H groups in total. The van der Waals surface area contributed by atoms with Crippen LogP contribution in [0.15, 0.2) is 41.0 Å². The molecule has 1 fully saturated rings. The molecule has 7 nitrogen and oxygen atoms in total. The molecule has 1 saturated heterocycles. The van der Waals surface area contributed by atoms with Crippen LogP contribution in [0.5, 0.6) is 0 Å². The van der Waals surface area contributed by atoms with Crippen LogP contribution in [0.2, 0.25) is 0 Å². The number of carbonyl (C=O) groups excluding carboxylic acids is 1. The first-order valence-electron chi connectivity index (χ1n) is 8.14. The van der Waals surface area contributed by atoms with Crippen LogP contribution >= 0.6 is 0 Å². The van der Waals surface area contributed by atoms with Crippen molar-refractivity contribution in [3.63, 3.8) is 0 Å². The number of hydrogen-bond donors (Lipinski definition) is 1. The van der Waals surface area contributed by atoms with Gasteiger partial charge in [0, 0.05) is 18.7 Å². The van der Waals surface area contributed by atoms with Crippen molar-refractivity contribution in [3.8, 4) is 11.5 Å². The standard InChI is InChI=1S/C17H21N3O4S/c1-25(22,23)19-16(21)14-8-5-9-20(10-14)11-15-12-24-17(18-15)13-6-3-2-4-7-13/h2-4,6-7,12,14H,5,8-11H2,1H3,(H,19,21). The molecule has 0 aliphatic carbocycles. The van der Waals surface area contributed by atoms with Crippen LogP contribution in [0.3, 0.4) is 0 Å². The molecule has 0 bridgehead atoms. The summed E-state index contributed by atoms with van der Waals surface area (Å²) in [5, 5.41) is 0. The van der Waals surface area contributed by atoms with Gasteiger partial charge in [-0.15, -0.1) is 0 Å². The summed E-state index contributed by atoms with van der Waals surface area (Å²) in [6.45, 7) is 1.92. The Morgan fingerprint density at radius 1 is 1.36 bits per heavy atom. The van der Waals surface area contributed by atoms with Crippen LogP contribution < -0.4 is 4.72 Å². The summed E-state index contributed by atoms with van der Waals surface area (Å²) in [6.07, 6.45) is 4.14. The van der Waals surface area contributed by atoms with Gasteiger partial charge < -0.3 is 4.42 Å². The molecule has 2 aromatic rings. The number of benzene rings is 1. The third-order valence-corrected chi connectivity index (χ3v) is 4.69. The summed E-state index contributed by atoms with van der Waals surface area (Å²) in [7, 11) is -3.52. The monoisotopic (exact) mass is 363 g/mol. The van der Waals surface area contributed by atoms with Gasteiger partial charge in [0.05, 0.1) is 17.9 Å². The van der Waals surface area contributed by atoms with Gasteiger partial charge in [-0.3, -0.25) is 14.4 Å². The van der Waals surface area contributed by atoms with Gasteiger partial charge >= 0.3 is 0 Å². The van der Waals surface area contributed by atoms with E-state index in [1.54, 1.807) is 6.26 Å². The van der Waals surface area contributed by atoms with E-state index in [2.05, 4.69) is 14.6 Å². The predicted molar refractivity (Wildman–Crippen MR) is 92.9 cm³/mol. The zero-order chi connectivity index (χ0) is 17.9. The maximum absolute atomic E-state index is 12.0. The highest BCUT2D eigenvalue weighted by molar-refractivity contribution is 7.89. The van der Waals surface area contributed by atoms with Gasteiger partial charge in [-0.2, -0.15) is 0 Å². The Hall–Kier alpha value is -2.19. The summed E-state index contributed by atoms with van der Waals surface area (Å²) in [5.74, 6) is -0.194. The summed E-state index contributed by atoms with van der Waals surface area (Å²) in [6, 6.07) is 9.65. The molecular formula is C17H21N3O4S. The first-order chi connectivity index (χ1) is 11.9. The zero-order valence-corrected chi connectivity index (χ0v) is 14.8. The molecule has 2 heterocycles. The van der Waals surface area contributed by atoms with Gasteiger partial charge in [-0.25, -0.2) is 13.4 Å². The van der Waals surface area contributed by atoms with Crippen molar-refractivity contribution < 1.29 is 17.6 Å². The molecule has 1 aliphatic heterocycles. The van der Waals surface area contributed by atoms with Crippen LogP contribution in [-0.4, -0.2) is 43.6 Å². The second-order valence-electron chi connectivity index (χ2n) is 6.32. The minimum atomic E-state index is -3.52. The van der Waals surface area contributed by atoms with Crippen molar-refractivity contribution >= 4 is 15.9 Å². The van der Waals surface area contributed by atoms with Gasteiger partial charge in [0.2, 0.25) is 21.8 Å². The molecule has 0 saturated carbocycles. The van der Waals surface area contributed by atoms with Crippen LogP contribution in [0, 0.1) is 5.92 Å². The molecule has 134 valence electrons. The second-order valence-corrected chi connectivity index (χ2v) is 8.07. The topological polar surface area (TPSA) is 92.5 Å². The number of hydrogen-bond acceptors (Lipinski definition) is 6. The molecule has 1 unspecified atom stereocenters. The van der Waals surface area contributed by atoms with E-state index in [1.807, 2.05) is 30.3 Å². The lowest BCUT2D eigenvalue weighted by atomic mass is 9.97. The normalized spacial score (nSPS) is 18.8. The molecular weight excluding hydrogens is 342 g/mol. The summed E-state index contributed by atoms with van der Waals surface area (Å²) in [4.78, 5) is 18.6. The highest BCUT2D eigenvalue weighted by Crippen LogP contribution is 2.21. The van der Waals surface area contributed by atoms with Crippen molar-refractivity contribution in [1.29, 1.82) is 0 Å². The summed E-state index contributed by atoms with van der Waals surface area (Å²) < 4.78 is 30.1. The predicted octanol–water partition coefficient (Wildman–Crippen LogP) is 1.63. The van der Waals surface area contributed by atoms with Gasteiger partial charge in [0.15, 0.2) is 0 Å². The Labute approximate surface area is 147 Å². The summed E-state index contributed by atoms with van der Waals surface area (Å²) >= 11 is 0. The Bertz CT molecular complexity index is 833. The maximum atomic E-state index is 12.0. The molecule has 8 heteroatoms. The van der Waals surface area contributed by atoms with Crippen LogP contribution in [0.4, 0.5) is 0 Å². The average molecular weight is 363 g/mol. The number of piperidine rings is 1. The van der Waals surface area contributed by atoms with Crippen molar-refractivity contribution in [1.82, 2.24) is 14.6 Å². The number of amides is 1. The van der Waals surface area contributed by atoms with E-state index < -0.39 is 15.9 Å². The Kier molecular flexibility index (Phi) is 5.19. The number of aromatic nitrogens is 1. The quantitative estimate of drug-likeness (QED) is 0.868. The Morgan fingerprint density at radius 3 is 2.84 bits per heavy atom. The molecule has 0 radical (unpaired) electrons. The van der Waals surface area contributed by atoms with E-state index in [-0.39, 0.29) is 5.92 Å². The number of nitrogens with zero attached hydrogens (tertiary/aromatic N) is 2. The molecule has 1 aromatic carbocycles. The fraction of sp³-hybridized carbons (Fsp3) is 0.412. The van der Waals surface area contributed by atoms with E-state index in [0.717, 1.165) is 30.5 Å². The number of sulfonamides is 1. The Morgan fingerprint density at radius 2 is 2.12 bits per heavy atom. The molecule has 25 heavy (non-hydrogen) atoms. The first-order valence-corrected chi connectivity index (χ1v) is 10.0.